The van der Waals surface area contributed by atoms with Crippen LogP contribution in [-0.4, -0.2) is 39.4 Å². The minimum absolute atomic E-state index is 0.0518. The number of ether oxygens (including phenoxy) is 4. The Labute approximate surface area is 203 Å². The van der Waals surface area contributed by atoms with Gasteiger partial charge >= 0.3 is 11.9 Å². The van der Waals surface area contributed by atoms with E-state index in [1.54, 1.807) is 55.5 Å². The van der Waals surface area contributed by atoms with Crippen LogP contribution in [0.2, 0.25) is 0 Å². The normalized spacial score (nSPS) is 15.4. The Morgan fingerprint density at radius 1 is 1.00 bits per heavy atom. The zero-order valence-corrected chi connectivity index (χ0v) is 20.0. The third kappa shape index (κ3) is 4.77. The van der Waals surface area contributed by atoms with E-state index in [0.29, 0.717) is 36.0 Å². The van der Waals surface area contributed by atoms with Crippen LogP contribution in [0, 0.1) is 11.3 Å². The van der Waals surface area contributed by atoms with Gasteiger partial charge in [-0.1, -0.05) is 30.3 Å². The predicted octanol–water partition coefficient (Wildman–Crippen LogP) is 3.38. The lowest BCUT2D eigenvalue weighted by Gasteiger charge is -2.36. The number of carbonyl (C=O) groups is 2. The number of nitriles is 1. The Morgan fingerprint density at radius 2 is 1.66 bits per heavy atom. The summed E-state index contributed by atoms with van der Waals surface area (Å²) >= 11 is 0. The molecule has 0 bridgehead atoms. The van der Waals surface area contributed by atoms with Gasteiger partial charge in [-0.15, -0.1) is 0 Å². The van der Waals surface area contributed by atoms with Gasteiger partial charge in [-0.05, 0) is 31.5 Å². The third-order valence-electron chi connectivity index (χ3n) is 5.39. The molecule has 2 aromatic carbocycles. The number of carbonyl (C=O) groups excluding carboxylic acids is 2. The molecular weight excluding hydrogens is 450 g/mol. The highest BCUT2D eigenvalue weighted by Gasteiger charge is 2.43. The van der Waals surface area contributed by atoms with Crippen LogP contribution in [0.1, 0.15) is 25.3 Å². The minimum Gasteiger partial charge on any atom is -0.494 e. The van der Waals surface area contributed by atoms with Crippen molar-refractivity contribution in [1.82, 2.24) is 0 Å². The van der Waals surface area contributed by atoms with Crippen molar-refractivity contribution in [3.05, 3.63) is 76.8 Å². The van der Waals surface area contributed by atoms with Gasteiger partial charge in [-0.2, -0.15) is 5.26 Å². The van der Waals surface area contributed by atoms with Gasteiger partial charge in [0.05, 0.1) is 56.3 Å². The molecule has 1 atom stereocenters. The number of nitrogens with zero attached hydrogens (tertiary/aromatic N) is 2. The second-order valence-corrected chi connectivity index (χ2v) is 7.33. The van der Waals surface area contributed by atoms with Crippen molar-refractivity contribution in [1.29, 1.82) is 5.26 Å². The topological polar surface area (TPSA) is 124 Å². The highest BCUT2D eigenvalue weighted by Crippen LogP contribution is 2.46. The highest BCUT2D eigenvalue weighted by molar-refractivity contribution is 6.06. The molecule has 1 unspecified atom stereocenters. The third-order valence-corrected chi connectivity index (χ3v) is 5.39. The van der Waals surface area contributed by atoms with Crippen LogP contribution in [-0.2, 0) is 19.1 Å². The molecule has 0 radical (unpaired) electrons. The van der Waals surface area contributed by atoms with Crippen LogP contribution >= 0.6 is 0 Å². The van der Waals surface area contributed by atoms with Crippen molar-refractivity contribution >= 4 is 17.6 Å². The molecule has 182 valence electrons. The molecule has 0 saturated heterocycles. The molecule has 0 amide bonds. The average Bonchev–Trinajstić information content (AvgIpc) is 2.88. The second-order valence-electron chi connectivity index (χ2n) is 7.33. The number of hydrogen-bond donors (Lipinski definition) is 1. The van der Waals surface area contributed by atoms with Gasteiger partial charge in [-0.25, -0.2) is 9.59 Å². The van der Waals surface area contributed by atoms with Gasteiger partial charge in [0.25, 0.3) is 0 Å². The second kappa shape index (κ2) is 11.1. The number of benzene rings is 2. The number of rotatable bonds is 8. The molecule has 9 heteroatoms. The van der Waals surface area contributed by atoms with Crippen LogP contribution < -0.4 is 20.1 Å². The Hall–Kier alpha value is -4.45. The van der Waals surface area contributed by atoms with Crippen molar-refractivity contribution in [2.45, 2.75) is 19.8 Å². The summed E-state index contributed by atoms with van der Waals surface area (Å²) in [4.78, 5) is 27.7. The molecule has 2 N–H and O–H groups in total. The van der Waals surface area contributed by atoms with Crippen molar-refractivity contribution in [2.24, 2.45) is 5.73 Å². The van der Waals surface area contributed by atoms with Crippen LogP contribution in [0.3, 0.4) is 0 Å². The number of anilines is 1. The fraction of sp³-hybridized carbons (Fsp3) is 0.269. The summed E-state index contributed by atoms with van der Waals surface area (Å²) in [5.74, 6) is -1.81. The average molecular weight is 478 g/mol. The smallest absolute Gasteiger partial charge is 0.355 e. The first kappa shape index (κ1) is 25.2. The number of hydrogen-bond acceptors (Lipinski definition) is 9. The first-order chi connectivity index (χ1) is 16.9. The van der Waals surface area contributed by atoms with Gasteiger partial charge in [0.2, 0.25) is 0 Å². The lowest BCUT2D eigenvalue weighted by Crippen LogP contribution is -2.41. The molecule has 0 fully saturated rings. The summed E-state index contributed by atoms with van der Waals surface area (Å²) in [6.45, 7) is 4.35. The van der Waals surface area contributed by atoms with Gasteiger partial charge in [-0.3, -0.25) is 4.90 Å². The van der Waals surface area contributed by atoms with Gasteiger partial charge < -0.3 is 24.7 Å². The zero-order chi connectivity index (χ0) is 25.5. The van der Waals surface area contributed by atoms with Crippen molar-refractivity contribution in [3.8, 4) is 17.6 Å². The summed E-state index contributed by atoms with van der Waals surface area (Å²) in [6.07, 6.45) is 0. The first-order valence-electron chi connectivity index (χ1n) is 11.0. The van der Waals surface area contributed by atoms with E-state index in [0.717, 1.165) is 0 Å². The van der Waals surface area contributed by atoms with Gasteiger partial charge in [0, 0.05) is 6.07 Å². The quantitative estimate of drug-likeness (QED) is 0.570. The molecule has 0 spiro atoms. The van der Waals surface area contributed by atoms with E-state index in [9.17, 15) is 14.9 Å². The van der Waals surface area contributed by atoms with Crippen LogP contribution in [0.15, 0.2) is 71.2 Å². The molecule has 0 saturated carbocycles. The van der Waals surface area contributed by atoms with Crippen LogP contribution in [0.4, 0.5) is 5.69 Å². The molecule has 1 aliphatic heterocycles. The lowest BCUT2D eigenvalue weighted by molar-refractivity contribution is -0.139. The Bertz CT molecular complexity index is 1210. The molecule has 1 heterocycles. The number of allylic oxidation sites excluding steroid dienone is 1. The Balaban J connectivity index is 2.44. The molecule has 3 rings (SSSR count). The standard InChI is InChI=1S/C26H27N3O6/c1-5-34-17-12-13-20(35-6-2)19(14-17)29-23(26(31)33-4)22(25(30)32-3)21(18(15-27)24(29)28)16-10-8-7-9-11-16/h7-14,21H,5-6,28H2,1-4H3. The summed E-state index contributed by atoms with van der Waals surface area (Å²) in [5, 5.41) is 10.2. The first-order valence-corrected chi connectivity index (χ1v) is 11.0. The Kier molecular flexibility index (Phi) is 8.00. The van der Waals surface area contributed by atoms with E-state index >= 15 is 0 Å². The molecule has 2 aromatic rings. The fourth-order valence-electron chi connectivity index (χ4n) is 3.97. The molecule has 0 aliphatic carbocycles. The maximum Gasteiger partial charge on any atom is 0.355 e. The molecule has 35 heavy (non-hydrogen) atoms. The van der Waals surface area contributed by atoms with E-state index in [2.05, 4.69) is 6.07 Å². The largest absolute Gasteiger partial charge is 0.494 e. The van der Waals surface area contributed by atoms with E-state index in [1.165, 1.54) is 19.1 Å². The molecule has 0 aromatic heterocycles. The van der Waals surface area contributed by atoms with E-state index in [1.807, 2.05) is 6.92 Å². The summed E-state index contributed by atoms with van der Waals surface area (Å²) in [5.41, 5.74) is 7.25. The fourth-order valence-corrected chi connectivity index (χ4v) is 3.97. The lowest BCUT2D eigenvalue weighted by atomic mass is 9.81. The SMILES string of the molecule is CCOc1ccc(OCC)c(N2C(N)=C(C#N)C(c3ccccc3)C(C(=O)OC)=C2C(=O)OC)c1. The summed E-state index contributed by atoms with van der Waals surface area (Å²) < 4.78 is 21.6. The molecular formula is C26H27N3O6. The number of nitrogens with two attached hydrogens (primary N) is 1. The molecule has 1 aliphatic rings. The van der Waals surface area contributed by atoms with E-state index in [-0.39, 0.29) is 22.7 Å². The maximum atomic E-state index is 13.2. The van der Waals surface area contributed by atoms with Crippen molar-refractivity contribution in [3.63, 3.8) is 0 Å². The number of esters is 2. The zero-order valence-electron chi connectivity index (χ0n) is 20.0. The summed E-state index contributed by atoms with van der Waals surface area (Å²) in [6, 6.07) is 15.9. The van der Waals surface area contributed by atoms with E-state index < -0.39 is 17.9 Å². The Morgan fingerprint density at radius 3 is 2.23 bits per heavy atom. The van der Waals surface area contributed by atoms with E-state index in [4.69, 9.17) is 24.7 Å². The highest BCUT2D eigenvalue weighted by atomic mass is 16.5. The minimum atomic E-state index is -0.954. The number of methoxy groups -OCH3 is 2. The van der Waals surface area contributed by atoms with Crippen LogP contribution in [0.25, 0.3) is 0 Å². The maximum absolute atomic E-state index is 13.2. The van der Waals surface area contributed by atoms with Gasteiger partial charge in [0.1, 0.15) is 23.0 Å². The monoisotopic (exact) mass is 477 g/mol. The predicted molar refractivity (Wildman–Crippen MR) is 128 cm³/mol. The molecule has 9 nitrogen and oxygen atoms in total. The summed E-state index contributed by atoms with van der Waals surface area (Å²) in [7, 11) is 2.39. The van der Waals surface area contributed by atoms with Crippen LogP contribution in [0.5, 0.6) is 11.5 Å². The van der Waals surface area contributed by atoms with Crippen molar-refractivity contribution in [2.75, 3.05) is 32.3 Å². The van der Waals surface area contributed by atoms with Crippen molar-refractivity contribution < 1.29 is 28.5 Å². The van der Waals surface area contributed by atoms with Gasteiger partial charge in [0.15, 0.2) is 0 Å².